The van der Waals surface area contributed by atoms with E-state index >= 15 is 0 Å². The van der Waals surface area contributed by atoms with Crippen LogP contribution in [0, 0.1) is 5.92 Å². The normalized spacial score (nSPS) is 18.3. The van der Waals surface area contributed by atoms with E-state index in [1.165, 1.54) is 44.5 Å². The molecule has 3 heterocycles. The number of amides is 1. The number of piperidine rings is 1. The number of benzene rings is 1. The van der Waals surface area contributed by atoms with Crippen molar-refractivity contribution in [1.82, 2.24) is 20.4 Å². The summed E-state index contributed by atoms with van der Waals surface area (Å²) in [6, 6.07) is 8.19. The topological polar surface area (TPSA) is 74.5 Å². The molecule has 7 heteroatoms. The number of hydrogen-bond acceptors (Lipinski definition) is 6. The van der Waals surface area contributed by atoms with Gasteiger partial charge < -0.3 is 19.6 Å². The van der Waals surface area contributed by atoms with Crippen LogP contribution in [-0.2, 0) is 0 Å². The number of carbonyl (C=O) groups excluding carboxylic acids is 1. The zero-order chi connectivity index (χ0) is 20.1. The first-order chi connectivity index (χ1) is 14.2. The highest BCUT2D eigenvalue weighted by Gasteiger charge is 2.18. The molecule has 0 radical (unpaired) electrons. The molecule has 156 valence electrons. The van der Waals surface area contributed by atoms with Crippen LogP contribution >= 0.6 is 0 Å². The molecule has 0 unspecified atom stereocenters. The highest BCUT2D eigenvalue weighted by atomic mass is 16.5. The predicted molar refractivity (Wildman–Crippen MR) is 113 cm³/mol. The van der Waals surface area contributed by atoms with Gasteiger partial charge in [0, 0.05) is 30.9 Å². The summed E-state index contributed by atoms with van der Waals surface area (Å²) in [6.45, 7) is 8.52. The Kier molecular flexibility index (Phi) is 6.44. The van der Waals surface area contributed by atoms with Gasteiger partial charge in [-0.1, -0.05) is 12.1 Å². The van der Waals surface area contributed by atoms with Crippen LogP contribution < -0.4 is 10.2 Å². The van der Waals surface area contributed by atoms with E-state index in [0.29, 0.717) is 12.4 Å². The summed E-state index contributed by atoms with van der Waals surface area (Å²) in [5.41, 5.74) is 2.08. The Balaban J connectivity index is 1.28. The molecule has 1 aromatic heterocycles. The van der Waals surface area contributed by atoms with Gasteiger partial charge in [-0.25, -0.2) is 0 Å². The number of anilines is 1. The number of hydrogen-bond donors (Lipinski definition) is 1. The quantitative estimate of drug-likeness (QED) is 0.724. The minimum atomic E-state index is -0.302. The molecule has 2 aromatic rings. The summed E-state index contributed by atoms with van der Waals surface area (Å²) in [6.07, 6.45) is 5.99. The van der Waals surface area contributed by atoms with Crippen molar-refractivity contribution in [1.29, 1.82) is 0 Å². The highest BCUT2D eigenvalue weighted by molar-refractivity contribution is 5.89. The van der Waals surface area contributed by atoms with E-state index in [-0.39, 0.29) is 11.8 Å². The van der Waals surface area contributed by atoms with Gasteiger partial charge in [0.05, 0.1) is 0 Å². The molecular weight excluding hydrogens is 366 g/mol. The maximum Gasteiger partial charge on any atom is 0.316 e. The van der Waals surface area contributed by atoms with Crippen LogP contribution in [0.5, 0.6) is 0 Å². The van der Waals surface area contributed by atoms with Crippen LogP contribution in [0.4, 0.5) is 5.69 Å². The molecule has 1 amide bonds. The van der Waals surface area contributed by atoms with Crippen molar-refractivity contribution in [2.24, 2.45) is 5.92 Å². The SMILES string of the molecule is CC1CCN(c2ccc(-c3noc(C(=O)NCCCN4CCCC4)n3)cc2)CC1. The fourth-order valence-corrected chi connectivity index (χ4v) is 4.11. The zero-order valence-corrected chi connectivity index (χ0v) is 17.3. The van der Waals surface area contributed by atoms with Crippen LogP contribution in [0.1, 0.15) is 49.7 Å². The second kappa shape index (κ2) is 9.39. The number of rotatable bonds is 7. The lowest BCUT2D eigenvalue weighted by Gasteiger charge is -2.32. The molecule has 2 aliphatic heterocycles. The summed E-state index contributed by atoms with van der Waals surface area (Å²) in [5.74, 6) is 0.986. The van der Waals surface area contributed by atoms with E-state index in [1.54, 1.807) is 0 Å². The second-order valence-corrected chi connectivity index (χ2v) is 8.30. The maximum absolute atomic E-state index is 12.2. The average Bonchev–Trinajstić information content (AvgIpc) is 3.44. The first kappa shape index (κ1) is 19.9. The Labute approximate surface area is 172 Å². The zero-order valence-electron chi connectivity index (χ0n) is 17.3. The Morgan fingerprint density at radius 3 is 2.59 bits per heavy atom. The van der Waals surface area contributed by atoms with E-state index in [9.17, 15) is 4.79 Å². The average molecular weight is 398 g/mol. The lowest BCUT2D eigenvalue weighted by molar-refractivity contribution is 0.0908. The predicted octanol–water partition coefficient (Wildman–Crippen LogP) is 3.19. The number of likely N-dealkylation sites (tertiary alicyclic amines) is 1. The molecule has 0 aliphatic carbocycles. The third kappa shape index (κ3) is 5.15. The lowest BCUT2D eigenvalue weighted by Crippen LogP contribution is -2.32. The lowest BCUT2D eigenvalue weighted by atomic mass is 9.98. The summed E-state index contributed by atoms with van der Waals surface area (Å²) in [4.78, 5) is 21.4. The van der Waals surface area contributed by atoms with Gasteiger partial charge in [0.1, 0.15) is 0 Å². The van der Waals surface area contributed by atoms with Gasteiger partial charge in [-0.3, -0.25) is 4.79 Å². The van der Waals surface area contributed by atoms with Gasteiger partial charge in [-0.15, -0.1) is 0 Å². The summed E-state index contributed by atoms with van der Waals surface area (Å²) in [5, 5.41) is 6.86. The largest absolute Gasteiger partial charge is 0.372 e. The Morgan fingerprint density at radius 1 is 1.14 bits per heavy atom. The fraction of sp³-hybridized carbons (Fsp3) is 0.591. The summed E-state index contributed by atoms with van der Waals surface area (Å²) >= 11 is 0. The van der Waals surface area contributed by atoms with Crippen molar-refractivity contribution in [2.75, 3.05) is 44.2 Å². The molecule has 1 aromatic carbocycles. The van der Waals surface area contributed by atoms with Crippen LogP contribution in [0.15, 0.2) is 28.8 Å². The summed E-state index contributed by atoms with van der Waals surface area (Å²) < 4.78 is 5.18. The number of carbonyl (C=O) groups is 1. The van der Waals surface area contributed by atoms with Gasteiger partial charge in [0.15, 0.2) is 0 Å². The van der Waals surface area contributed by atoms with Crippen LogP contribution in [0.2, 0.25) is 0 Å². The second-order valence-electron chi connectivity index (χ2n) is 8.30. The molecule has 2 saturated heterocycles. The molecule has 0 atom stereocenters. The van der Waals surface area contributed by atoms with Crippen LogP contribution in [0.3, 0.4) is 0 Å². The Morgan fingerprint density at radius 2 is 1.86 bits per heavy atom. The number of aromatic nitrogens is 2. The van der Waals surface area contributed by atoms with Crippen molar-refractivity contribution >= 4 is 11.6 Å². The molecule has 29 heavy (non-hydrogen) atoms. The standard InChI is InChI=1S/C22H31N5O2/c1-17-9-15-27(16-10-17)19-7-5-18(6-8-19)20-24-22(29-25-20)21(28)23-11-4-14-26-12-2-3-13-26/h5-8,17H,2-4,9-16H2,1H3,(H,23,28). The maximum atomic E-state index is 12.2. The van der Waals surface area contributed by atoms with Crippen molar-refractivity contribution < 1.29 is 9.32 Å². The smallest absolute Gasteiger partial charge is 0.316 e. The Bertz CT molecular complexity index is 790. The minimum Gasteiger partial charge on any atom is -0.372 e. The first-order valence-electron chi connectivity index (χ1n) is 10.9. The monoisotopic (exact) mass is 397 g/mol. The number of nitrogens with one attached hydrogen (secondary N) is 1. The van der Waals surface area contributed by atoms with Crippen molar-refractivity contribution in [3.05, 3.63) is 30.2 Å². The Hall–Kier alpha value is -2.41. The molecule has 4 rings (SSSR count). The van der Waals surface area contributed by atoms with Crippen molar-refractivity contribution in [3.8, 4) is 11.4 Å². The van der Waals surface area contributed by atoms with E-state index in [2.05, 4.69) is 44.3 Å². The highest BCUT2D eigenvalue weighted by Crippen LogP contribution is 2.25. The van der Waals surface area contributed by atoms with E-state index in [0.717, 1.165) is 37.5 Å². The summed E-state index contributed by atoms with van der Waals surface area (Å²) in [7, 11) is 0. The first-order valence-corrected chi connectivity index (χ1v) is 10.9. The van der Waals surface area contributed by atoms with Gasteiger partial charge in [0.25, 0.3) is 0 Å². The van der Waals surface area contributed by atoms with Crippen molar-refractivity contribution in [3.63, 3.8) is 0 Å². The molecule has 0 bridgehead atoms. The molecule has 2 fully saturated rings. The van der Waals surface area contributed by atoms with Gasteiger partial charge in [-0.05, 0) is 81.9 Å². The van der Waals surface area contributed by atoms with E-state index in [1.807, 2.05) is 12.1 Å². The van der Waals surface area contributed by atoms with Gasteiger partial charge >= 0.3 is 11.8 Å². The number of nitrogens with zero attached hydrogens (tertiary/aromatic N) is 4. The van der Waals surface area contributed by atoms with E-state index < -0.39 is 0 Å². The van der Waals surface area contributed by atoms with Crippen molar-refractivity contribution in [2.45, 2.75) is 39.0 Å². The van der Waals surface area contributed by atoms with E-state index in [4.69, 9.17) is 4.52 Å². The van der Waals surface area contributed by atoms with Gasteiger partial charge in [0.2, 0.25) is 5.82 Å². The fourth-order valence-electron chi connectivity index (χ4n) is 4.11. The third-order valence-corrected chi connectivity index (χ3v) is 6.03. The van der Waals surface area contributed by atoms with Crippen LogP contribution in [0.25, 0.3) is 11.4 Å². The molecule has 0 saturated carbocycles. The molecule has 7 nitrogen and oxygen atoms in total. The van der Waals surface area contributed by atoms with Gasteiger partial charge in [-0.2, -0.15) is 4.98 Å². The molecular formula is C22H31N5O2. The molecule has 2 aliphatic rings. The van der Waals surface area contributed by atoms with Crippen LogP contribution in [-0.4, -0.2) is 60.2 Å². The minimum absolute atomic E-state index is 0.0234. The molecule has 1 N–H and O–H groups in total. The third-order valence-electron chi connectivity index (χ3n) is 6.03. The molecule has 0 spiro atoms.